The molecule has 0 bridgehead atoms. The summed E-state index contributed by atoms with van der Waals surface area (Å²) in [7, 11) is 0. The van der Waals surface area contributed by atoms with Gasteiger partial charge in [0.05, 0.1) is 0 Å². The second-order valence-electron chi connectivity index (χ2n) is 6.44. The Kier molecular flexibility index (Phi) is 4.02. The standard InChI is InChI=1S/C18H21N5O/c24-17-15(9-13-11-20-16-14(13)7-4-8-19-16)22-18(23-17)21-10-12-5-2-1-3-6-12/h4,7-9,11-12,24H,1-3,5-6,10H2,(H2,21,22,23)/b13-9+. The Morgan fingerprint density at radius 2 is 2.17 bits per heavy atom. The number of H-pyrrole nitrogens is 1. The molecular weight excluding hydrogens is 302 g/mol. The van der Waals surface area contributed by atoms with Crippen LogP contribution in [0.15, 0.2) is 23.3 Å². The van der Waals surface area contributed by atoms with Crippen LogP contribution in [0.3, 0.4) is 0 Å². The van der Waals surface area contributed by atoms with Crippen LogP contribution in [-0.2, 0) is 0 Å². The Labute approximate surface area is 140 Å². The molecule has 2 aliphatic rings. The average molecular weight is 323 g/mol. The molecule has 124 valence electrons. The highest BCUT2D eigenvalue weighted by molar-refractivity contribution is 6.20. The molecule has 0 spiro atoms. The summed E-state index contributed by atoms with van der Waals surface area (Å²) in [5.74, 6) is 2.02. The van der Waals surface area contributed by atoms with Crippen LogP contribution in [0.25, 0.3) is 11.6 Å². The molecule has 0 unspecified atom stereocenters. The fourth-order valence-electron chi connectivity index (χ4n) is 3.39. The summed E-state index contributed by atoms with van der Waals surface area (Å²) in [5.41, 5.74) is 2.46. The van der Waals surface area contributed by atoms with Gasteiger partial charge in [-0.25, -0.2) is 9.98 Å². The van der Waals surface area contributed by atoms with Crippen molar-refractivity contribution < 1.29 is 5.11 Å². The zero-order valence-electron chi connectivity index (χ0n) is 13.5. The second kappa shape index (κ2) is 6.47. The molecule has 0 aromatic carbocycles. The van der Waals surface area contributed by atoms with Crippen molar-refractivity contribution in [3.05, 3.63) is 29.6 Å². The molecule has 0 amide bonds. The van der Waals surface area contributed by atoms with E-state index in [0.29, 0.717) is 23.4 Å². The van der Waals surface area contributed by atoms with Crippen molar-refractivity contribution in [1.29, 1.82) is 0 Å². The third-order valence-corrected chi connectivity index (χ3v) is 4.72. The normalized spacial score (nSPS) is 18.9. The molecule has 2 aromatic heterocycles. The first-order chi connectivity index (χ1) is 11.8. The highest BCUT2D eigenvalue weighted by atomic mass is 16.3. The number of aromatic hydroxyl groups is 1. The number of allylic oxidation sites excluding steroid dienone is 1. The van der Waals surface area contributed by atoms with E-state index in [2.05, 4.69) is 25.3 Å². The van der Waals surface area contributed by atoms with Crippen molar-refractivity contribution in [2.45, 2.75) is 32.1 Å². The summed E-state index contributed by atoms with van der Waals surface area (Å²) < 4.78 is 0. The number of aromatic amines is 1. The van der Waals surface area contributed by atoms with Crippen molar-refractivity contribution in [2.75, 3.05) is 11.9 Å². The Balaban J connectivity index is 1.48. The number of nitrogens with zero attached hydrogens (tertiary/aromatic N) is 3. The molecule has 0 atom stereocenters. The summed E-state index contributed by atoms with van der Waals surface area (Å²) in [6.45, 7) is 0.900. The quantitative estimate of drug-likeness (QED) is 0.799. The Bertz CT molecular complexity index is 786. The van der Waals surface area contributed by atoms with Crippen LogP contribution < -0.4 is 5.32 Å². The maximum Gasteiger partial charge on any atom is 0.238 e. The van der Waals surface area contributed by atoms with Gasteiger partial charge in [0, 0.05) is 30.1 Å². The summed E-state index contributed by atoms with van der Waals surface area (Å²) >= 11 is 0. The second-order valence-corrected chi connectivity index (χ2v) is 6.44. The van der Waals surface area contributed by atoms with E-state index in [0.717, 1.165) is 17.7 Å². The molecular formula is C18H21N5O. The number of hydrogen-bond acceptors (Lipinski definition) is 5. The molecule has 3 N–H and O–H groups in total. The van der Waals surface area contributed by atoms with E-state index in [-0.39, 0.29) is 5.88 Å². The van der Waals surface area contributed by atoms with Crippen LogP contribution in [0.1, 0.15) is 43.4 Å². The van der Waals surface area contributed by atoms with Crippen LogP contribution in [-0.4, -0.2) is 32.8 Å². The largest absolute Gasteiger partial charge is 0.492 e. The van der Waals surface area contributed by atoms with Crippen LogP contribution in [0.4, 0.5) is 11.8 Å². The molecule has 1 aliphatic carbocycles. The smallest absolute Gasteiger partial charge is 0.238 e. The van der Waals surface area contributed by atoms with E-state index in [1.54, 1.807) is 12.4 Å². The molecule has 4 rings (SSSR count). The first-order valence-corrected chi connectivity index (χ1v) is 8.53. The number of aliphatic imine (C=N–C) groups is 1. The number of nitrogens with one attached hydrogen (secondary N) is 2. The van der Waals surface area contributed by atoms with E-state index in [4.69, 9.17) is 0 Å². The van der Waals surface area contributed by atoms with Crippen LogP contribution in [0, 0.1) is 5.92 Å². The summed E-state index contributed by atoms with van der Waals surface area (Å²) in [6, 6.07) is 3.85. The molecule has 6 nitrogen and oxygen atoms in total. The first-order valence-electron chi connectivity index (χ1n) is 8.53. The number of pyridine rings is 1. The fraction of sp³-hybridized carbons (Fsp3) is 0.389. The van der Waals surface area contributed by atoms with Gasteiger partial charge in [0.1, 0.15) is 5.69 Å². The predicted molar refractivity (Wildman–Crippen MR) is 95.6 cm³/mol. The highest BCUT2D eigenvalue weighted by Crippen LogP contribution is 2.31. The SMILES string of the molecule is Oc1nc(NCC2CCCCC2)[nH]c1/C=C1\C=Nc2ncccc21. The maximum absolute atomic E-state index is 10.1. The van der Waals surface area contributed by atoms with Crippen LogP contribution in [0.5, 0.6) is 5.88 Å². The number of fused-ring (bicyclic) bond motifs is 1. The van der Waals surface area contributed by atoms with Gasteiger partial charge in [-0.2, -0.15) is 4.98 Å². The van der Waals surface area contributed by atoms with E-state index < -0.39 is 0 Å². The Morgan fingerprint density at radius 3 is 3.04 bits per heavy atom. The highest BCUT2D eigenvalue weighted by Gasteiger charge is 2.16. The molecule has 1 aliphatic heterocycles. The predicted octanol–water partition coefficient (Wildman–Crippen LogP) is 3.76. The zero-order chi connectivity index (χ0) is 16.4. The van der Waals surface area contributed by atoms with Gasteiger partial charge in [0.15, 0.2) is 5.82 Å². The van der Waals surface area contributed by atoms with Gasteiger partial charge in [-0.1, -0.05) is 19.3 Å². The number of rotatable bonds is 4. The zero-order valence-corrected chi connectivity index (χ0v) is 13.5. The molecule has 6 heteroatoms. The third kappa shape index (κ3) is 3.04. The number of anilines is 1. The van der Waals surface area contributed by atoms with Gasteiger partial charge >= 0.3 is 0 Å². The van der Waals surface area contributed by atoms with E-state index in [1.165, 1.54) is 32.1 Å². The summed E-state index contributed by atoms with van der Waals surface area (Å²) in [6.07, 6.45) is 11.9. The molecule has 24 heavy (non-hydrogen) atoms. The molecule has 3 heterocycles. The minimum Gasteiger partial charge on any atom is -0.492 e. The van der Waals surface area contributed by atoms with E-state index in [1.807, 2.05) is 18.2 Å². The van der Waals surface area contributed by atoms with Crippen LogP contribution in [0.2, 0.25) is 0 Å². The average Bonchev–Trinajstić information content (AvgIpc) is 3.18. The lowest BCUT2D eigenvalue weighted by atomic mass is 9.89. The molecule has 1 saturated carbocycles. The van der Waals surface area contributed by atoms with Gasteiger partial charge in [0.2, 0.25) is 11.8 Å². The summed E-state index contributed by atoms with van der Waals surface area (Å²) in [4.78, 5) is 15.8. The topological polar surface area (TPSA) is 86.2 Å². The van der Waals surface area contributed by atoms with Crippen molar-refractivity contribution in [1.82, 2.24) is 15.0 Å². The fourth-order valence-corrected chi connectivity index (χ4v) is 3.39. The van der Waals surface area contributed by atoms with Gasteiger partial charge in [-0.05, 0) is 37.0 Å². The van der Waals surface area contributed by atoms with E-state index in [9.17, 15) is 5.11 Å². The number of hydrogen-bond donors (Lipinski definition) is 3. The molecule has 0 saturated heterocycles. The molecule has 2 aromatic rings. The van der Waals surface area contributed by atoms with E-state index >= 15 is 0 Å². The van der Waals surface area contributed by atoms with Gasteiger partial charge in [-0.3, -0.25) is 0 Å². The third-order valence-electron chi connectivity index (χ3n) is 4.72. The number of aromatic nitrogens is 3. The summed E-state index contributed by atoms with van der Waals surface area (Å²) in [5, 5.41) is 13.4. The van der Waals surface area contributed by atoms with Crippen LogP contribution >= 0.6 is 0 Å². The maximum atomic E-state index is 10.1. The minimum absolute atomic E-state index is 0.000570. The Morgan fingerprint density at radius 1 is 1.29 bits per heavy atom. The monoisotopic (exact) mass is 323 g/mol. The number of imidazole rings is 1. The molecule has 0 radical (unpaired) electrons. The van der Waals surface area contributed by atoms with Crippen molar-refractivity contribution in [3.8, 4) is 5.88 Å². The van der Waals surface area contributed by atoms with Crippen molar-refractivity contribution >= 4 is 29.6 Å². The Hall–Kier alpha value is -2.63. The lowest BCUT2D eigenvalue weighted by Gasteiger charge is -2.21. The minimum atomic E-state index is -0.000570. The molecule has 1 fully saturated rings. The first kappa shape index (κ1) is 14.9. The van der Waals surface area contributed by atoms with Gasteiger partial charge in [0.25, 0.3) is 0 Å². The van der Waals surface area contributed by atoms with Gasteiger partial charge in [-0.15, -0.1) is 0 Å². The van der Waals surface area contributed by atoms with Crippen molar-refractivity contribution in [2.24, 2.45) is 10.9 Å². The lowest BCUT2D eigenvalue weighted by Crippen LogP contribution is -2.17. The van der Waals surface area contributed by atoms with Gasteiger partial charge < -0.3 is 15.4 Å². The lowest BCUT2D eigenvalue weighted by molar-refractivity contribution is 0.373. The van der Waals surface area contributed by atoms with Crippen molar-refractivity contribution in [3.63, 3.8) is 0 Å².